The lowest BCUT2D eigenvalue weighted by Gasteiger charge is -2.17. The maximum absolute atomic E-state index is 12.8. The minimum Gasteiger partial charge on any atom is -0.345 e. The van der Waals surface area contributed by atoms with Crippen molar-refractivity contribution in [1.29, 1.82) is 0 Å². The van der Waals surface area contributed by atoms with E-state index in [9.17, 15) is 13.2 Å². The predicted octanol–water partition coefficient (Wildman–Crippen LogP) is 5.12. The van der Waals surface area contributed by atoms with Crippen LogP contribution in [-0.2, 0) is 22.9 Å². The van der Waals surface area contributed by atoms with E-state index in [1.807, 2.05) is 6.92 Å². The van der Waals surface area contributed by atoms with Crippen molar-refractivity contribution in [1.82, 2.24) is 5.32 Å². The first-order valence-corrected chi connectivity index (χ1v) is 12.0. The molecule has 0 fully saturated rings. The van der Waals surface area contributed by atoms with E-state index in [1.165, 1.54) is 47.9 Å². The van der Waals surface area contributed by atoms with Gasteiger partial charge in [-0.25, -0.2) is 8.42 Å². The van der Waals surface area contributed by atoms with Crippen LogP contribution in [0, 0.1) is 0 Å². The van der Waals surface area contributed by atoms with Crippen LogP contribution < -0.4 is 10.0 Å². The molecule has 0 saturated carbocycles. The molecule has 1 unspecified atom stereocenters. The zero-order valence-corrected chi connectivity index (χ0v) is 18.6. The van der Waals surface area contributed by atoms with E-state index in [4.69, 9.17) is 11.6 Å². The highest BCUT2D eigenvalue weighted by atomic mass is 35.5. The minimum atomic E-state index is -3.73. The molecule has 3 aromatic carbocycles. The number of amides is 1. The lowest BCUT2D eigenvalue weighted by Crippen LogP contribution is -2.27. The average molecular weight is 455 g/mol. The maximum atomic E-state index is 12.8. The van der Waals surface area contributed by atoms with E-state index in [0.29, 0.717) is 0 Å². The highest BCUT2D eigenvalue weighted by Gasteiger charge is 2.19. The van der Waals surface area contributed by atoms with Gasteiger partial charge in [0, 0.05) is 0 Å². The van der Waals surface area contributed by atoms with Gasteiger partial charge in [-0.15, -0.1) is 0 Å². The number of sulfonamides is 1. The first kappa shape index (κ1) is 21.4. The first-order valence-electron chi connectivity index (χ1n) is 10.1. The Kier molecular flexibility index (Phi) is 6.03. The Labute approximate surface area is 187 Å². The molecule has 7 heteroatoms. The number of aryl methyl sites for hydroxylation is 2. The Balaban J connectivity index is 1.47. The molecule has 0 spiro atoms. The molecule has 0 bridgehead atoms. The smallest absolute Gasteiger partial charge is 0.261 e. The van der Waals surface area contributed by atoms with Crippen molar-refractivity contribution in [2.75, 3.05) is 4.72 Å². The summed E-state index contributed by atoms with van der Waals surface area (Å²) in [4.78, 5) is 12.9. The summed E-state index contributed by atoms with van der Waals surface area (Å²) in [6, 6.07) is 18.7. The van der Waals surface area contributed by atoms with E-state index >= 15 is 0 Å². The molecule has 1 aliphatic rings. The molecular weight excluding hydrogens is 432 g/mol. The summed E-state index contributed by atoms with van der Waals surface area (Å²) in [7, 11) is -3.73. The Morgan fingerprint density at radius 2 is 1.71 bits per heavy atom. The Bertz CT molecular complexity index is 1230. The quantitative estimate of drug-likeness (QED) is 0.542. The number of nitrogens with one attached hydrogen (secondary N) is 2. The van der Waals surface area contributed by atoms with Gasteiger partial charge >= 0.3 is 0 Å². The van der Waals surface area contributed by atoms with Gasteiger partial charge in [-0.3, -0.25) is 9.52 Å². The number of halogens is 1. The zero-order valence-electron chi connectivity index (χ0n) is 17.1. The molecule has 1 atom stereocenters. The summed E-state index contributed by atoms with van der Waals surface area (Å²) in [5.41, 5.74) is 4.37. The number of carbonyl (C=O) groups excluding carboxylic acids is 1. The van der Waals surface area contributed by atoms with Gasteiger partial charge in [-0.1, -0.05) is 48.0 Å². The largest absolute Gasteiger partial charge is 0.345 e. The third-order valence-corrected chi connectivity index (χ3v) is 7.20. The molecule has 2 N–H and O–H groups in total. The third-order valence-electron chi connectivity index (χ3n) is 5.49. The molecule has 1 aliphatic carbocycles. The fourth-order valence-electron chi connectivity index (χ4n) is 3.80. The van der Waals surface area contributed by atoms with E-state index < -0.39 is 10.0 Å². The van der Waals surface area contributed by atoms with Crippen LogP contribution in [-0.4, -0.2) is 14.3 Å². The predicted molar refractivity (Wildman–Crippen MR) is 123 cm³/mol. The van der Waals surface area contributed by atoms with Gasteiger partial charge in [0.1, 0.15) is 0 Å². The van der Waals surface area contributed by atoms with Crippen molar-refractivity contribution in [2.24, 2.45) is 0 Å². The molecular formula is C24H23ClN2O3S. The van der Waals surface area contributed by atoms with E-state index in [-0.39, 0.29) is 33.1 Å². The van der Waals surface area contributed by atoms with Crippen LogP contribution in [0.3, 0.4) is 0 Å². The molecule has 0 aromatic heterocycles. The van der Waals surface area contributed by atoms with Gasteiger partial charge in [0.2, 0.25) is 0 Å². The maximum Gasteiger partial charge on any atom is 0.261 e. The molecule has 5 nitrogen and oxygen atoms in total. The van der Waals surface area contributed by atoms with Crippen LogP contribution in [0.2, 0.25) is 5.02 Å². The fourth-order valence-corrected chi connectivity index (χ4v) is 5.13. The summed E-state index contributed by atoms with van der Waals surface area (Å²) >= 11 is 6.31. The molecule has 31 heavy (non-hydrogen) atoms. The van der Waals surface area contributed by atoms with Crippen LogP contribution in [0.5, 0.6) is 0 Å². The number of benzene rings is 3. The molecule has 1 amide bonds. The van der Waals surface area contributed by atoms with Crippen LogP contribution in [0.4, 0.5) is 5.69 Å². The first-order chi connectivity index (χ1) is 14.8. The SMILES string of the molecule is CC(NC(=O)c1ccc(NS(=O)(=O)c2ccccc2)cc1Cl)c1ccc2c(c1)CCC2. The minimum absolute atomic E-state index is 0.149. The van der Waals surface area contributed by atoms with Crippen LogP contribution in [0.1, 0.15) is 46.4 Å². The van der Waals surface area contributed by atoms with E-state index in [2.05, 4.69) is 28.2 Å². The molecule has 3 aromatic rings. The second-order valence-corrected chi connectivity index (χ2v) is 9.78. The van der Waals surface area contributed by atoms with E-state index in [0.717, 1.165) is 18.4 Å². The average Bonchev–Trinajstić information content (AvgIpc) is 3.22. The van der Waals surface area contributed by atoms with Gasteiger partial charge < -0.3 is 5.32 Å². The summed E-state index contributed by atoms with van der Waals surface area (Å²) in [5.74, 6) is -0.310. The lowest BCUT2D eigenvalue weighted by atomic mass is 10.0. The van der Waals surface area contributed by atoms with Crippen molar-refractivity contribution < 1.29 is 13.2 Å². The fraction of sp³-hybridized carbons (Fsp3) is 0.208. The zero-order chi connectivity index (χ0) is 22.0. The monoisotopic (exact) mass is 454 g/mol. The molecule has 0 aliphatic heterocycles. The third kappa shape index (κ3) is 4.75. The van der Waals surface area contributed by atoms with Crippen LogP contribution >= 0.6 is 11.6 Å². The summed E-state index contributed by atoms with van der Waals surface area (Å²) in [6.07, 6.45) is 3.37. The highest BCUT2D eigenvalue weighted by Crippen LogP contribution is 2.27. The summed E-state index contributed by atoms with van der Waals surface area (Å²) in [6.45, 7) is 1.94. The molecule has 0 radical (unpaired) electrons. The molecule has 4 rings (SSSR count). The van der Waals surface area contributed by atoms with Crippen molar-refractivity contribution >= 4 is 33.2 Å². The van der Waals surface area contributed by atoms with Crippen molar-refractivity contribution in [3.63, 3.8) is 0 Å². The number of hydrogen-bond acceptors (Lipinski definition) is 3. The Hall–Kier alpha value is -2.83. The van der Waals surface area contributed by atoms with E-state index in [1.54, 1.807) is 18.2 Å². The normalized spacial score (nSPS) is 14.0. The number of rotatable bonds is 6. The second-order valence-electron chi connectivity index (χ2n) is 7.69. The molecule has 0 saturated heterocycles. The van der Waals surface area contributed by atoms with Crippen LogP contribution in [0.25, 0.3) is 0 Å². The summed E-state index contributed by atoms with van der Waals surface area (Å²) in [5, 5.41) is 3.15. The second kappa shape index (κ2) is 8.73. The summed E-state index contributed by atoms with van der Waals surface area (Å²) < 4.78 is 27.5. The number of anilines is 1. The lowest BCUT2D eigenvalue weighted by molar-refractivity contribution is 0.0940. The Morgan fingerprint density at radius 1 is 0.968 bits per heavy atom. The topological polar surface area (TPSA) is 75.3 Å². The van der Waals surface area contributed by atoms with Gasteiger partial charge in [-0.05, 0) is 73.2 Å². The van der Waals surface area contributed by atoms with Gasteiger partial charge in [0.25, 0.3) is 15.9 Å². The van der Waals surface area contributed by atoms with Crippen molar-refractivity contribution in [2.45, 2.75) is 37.1 Å². The van der Waals surface area contributed by atoms with Gasteiger partial charge in [-0.2, -0.15) is 0 Å². The van der Waals surface area contributed by atoms with Crippen molar-refractivity contribution in [3.8, 4) is 0 Å². The standard InChI is InChI=1S/C24H23ClN2O3S/c1-16(18-11-10-17-6-5-7-19(17)14-18)26-24(28)22-13-12-20(15-23(22)25)27-31(29,30)21-8-3-2-4-9-21/h2-4,8-16,27H,5-7H2,1H3,(H,26,28). The number of carbonyl (C=O) groups is 1. The number of hydrogen-bond donors (Lipinski definition) is 2. The van der Waals surface area contributed by atoms with Gasteiger partial charge in [0.05, 0.1) is 27.2 Å². The van der Waals surface area contributed by atoms with Crippen molar-refractivity contribution in [3.05, 3.63) is 94.0 Å². The van der Waals surface area contributed by atoms with Gasteiger partial charge in [0.15, 0.2) is 0 Å². The molecule has 160 valence electrons. The highest BCUT2D eigenvalue weighted by molar-refractivity contribution is 7.92. The van der Waals surface area contributed by atoms with Crippen LogP contribution in [0.15, 0.2) is 71.6 Å². The Morgan fingerprint density at radius 3 is 2.45 bits per heavy atom. The molecule has 0 heterocycles. The number of fused-ring (bicyclic) bond motifs is 1.